The zero-order valence-corrected chi connectivity index (χ0v) is 11.7. The van der Waals surface area contributed by atoms with Gasteiger partial charge in [-0.2, -0.15) is 0 Å². The molecule has 0 saturated carbocycles. The van der Waals surface area contributed by atoms with Crippen LogP contribution in [0.2, 0.25) is 0 Å². The van der Waals surface area contributed by atoms with Crippen molar-refractivity contribution in [3.05, 3.63) is 59.4 Å². The minimum Gasteiger partial charge on any atom is -0.497 e. The van der Waals surface area contributed by atoms with Gasteiger partial charge in [-0.05, 0) is 43.2 Å². The van der Waals surface area contributed by atoms with Crippen molar-refractivity contribution in [2.75, 3.05) is 7.11 Å². The number of nitrogens with one attached hydrogen (secondary N) is 1. The fraction of sp³-hybridized carbons (Fsp3) is 0.312. The van der Waals surface area contributed by atoms with Crippen molar-refractivity contribution >= 4 is 0 Å². The molecule has 0 unspecified atom stereocenters. The quantitative estimate of drug-likeness (QED) is 0.891. The van der Waals surface area contributed by atoms with E-state index < -0.39 is 0 Å². The zero-order valence-electron chi connectivity index (χ0n) is 11.7. The summed E-state index contributed by atoms with van der Waals surface area (Å²) in [6.07, 6.45) is 1.92. The van der Waals surface area contributed by atoms with E-state index in [9.17, 15) is 0 Å². The summed E-state index contributed by atoms with van der Waals surface area (Å²) in [6, 6.07) is 12.6. The lowest BCUT2D eigenvalue weighted by molar-refractivity contribution is 0.413. The van der Waals surface area contributed by atoms with Crippen LogP contribution in [-0.4, -0.2) is 12.1 Å². The number of pyridine rings is 1. The van der Waals surface area contributed by atoms with Gasteiger partial charge in [0.15, 0.2) is 0 Å². The molecule has 2 rings (SSSR count). The van der Waals surface area contributed by atoms with Crippen LogP contribution in [0.1, 0.15) is 29.8 Å². The highest BCUT2D eigenvalue weighted by molar-refractivity contribution is 5.30. The fourth-order valence-corrected chi connectivity index (χ4v) is 1.90. The molecule has 0 fully saturated rings. The van der Waals surface area contributed by atoms with E-state index in [1.807, 2.05) is 31.3 Å². The second-order valence-corrected chi connectivity index (χ2v) is 4.69. The van der Waals surface area contributed by atoms with Gasteiger partial charge in [-0.3, -0.25) is 4.98 Å². The number of aryl methyl sites for hydroxylation is 1. The van der Waals surface area contributed by atoms with Gasteiger partial charge >= 0.3 is 0 Å². The molecule has 0 aliphatic rings. The van der Waals surface area contributed by atoms with Gasteiger partial charge in [0, 0.05) is 24.5 Å². The Morgan fingerprint density at radius 3 is 2.79 bits per heavy atom. The highest BCUT2D eigenvalue weighted by Gasteiger charge is 2.05. The lowest BCUT2D eigenvalue weighted by Gasteiger charge is -2.15. The first kappa shape index (κ1) is 13.6. The Labute approximate surface area is 114 Å². The molecule has 1 atom stereocenters. The maximum absolute atomic E-state index is 5.24. The Morgan fingerprint density at radius 1 is 1.26 bits per heavy atom. The molecule has 100 valence electrons. The molecule has 0 amide bonds. The molecule has 0 radical (unpaired) electrons. The standard InChI is InChI=1S/C16H20N2O/c1-12-7-8-14(10-17-12)11-18-13(2)15-5-4-6-16(9-15)19-3/h4-10,13,18H,11H2,1-3H3/t13-/m0/s1. The van der Waals surface area contributed by atoms with Crippen molar-refractivity contribution < 1.29 is 4.74 Å². The molecule has 19 heavy (non-hydrogen) atoms. The van der Waals surface area contributed by atoms with Crippen LogP contribution in [0, 0.1) is 6.92 Å². The van der Waals surface area contributed by atoms with Crippen LogP contribution in [0.25, 0.3) is 0 Å². The van der Waals surface area contributed by atoms with Gasteiger partial charge in [0.25, 0.3) is 0 Å². The molecule has 0 bridgehead atoms. The third-order valence-electron chi connectivity index (χ3n) is 3.18. The topological polar surface area (TPSA) is 34.1 Å². The SMILES string of the molecule is COc1cccc([C@H](C)NCc2ccc(C)nc2)c1. The van der Waals surface area contributed by atoms with E-state index in [1.165, 1.54) is 11.1 Å². The van der Waals surface area contributed by atoms with Gasteiger partial charge in [-0.1, -0.05) is 18.2 Å². The zero-order chi connectivity index (χ0) is 13.7. The van der Waals surface area contributed by atoms with Crippen molar-refractivity contribution in [3.63, 3.8) is 0 Å². The van der Waals surface area contributed by atoms with Crippen LogP contribution < -0.4 is 10.1 Å². The number of aromatic nitrogens is 1. The van der Waals surface area contributed by atoms with Gasteiger partial charge < -0.3 is 10.1 Å². The molecule has 0 saturated heterocycles. The van der Waals surface area contributed by atoms with E-state index in [0.717, 1.165) is 18.0 Å². The number of nitrogens with zero attached hydrogens (tertiary/aromatic N) is 1. The van der Waals surface area contributed by atoms with Gasteiger partial charge in [-0.15, -0.1) is 0 Å². The largest absolute Gasteiger partial charge is 0.497 e. The molecule has 1 aromatic carbocycles. The summed E-state index contributed by atoms with van der Waals surface area (Å²) in [6.45, 7) is 4.96. The Hall–Kier alpha value is -1.87. The van der Waals surface area contributed by atoms with Crippen molar-refractivity contribution in [1.82, 2.24) is 10.3 Å². The molecule has 3 heteroatoms. The first-order chi connectivity index (χ1) is 9.19. The lowest BCUT2D eigenvalue weighted by Crippen LogP contribution is -2.18. The molecular formula is C16H20N2O. The second kappa shape index (κ2) is 6.34. The molecule has 0 aliphatic heterocycles. The van der Waals surface area contributed by atoms with Crippen molar-refractivity contribution in [3.8, 4) is 5.75 Å². The second-order valence-electron chi connectivity index (χ2n) is 4.69. The van der Waals surface area contributed by atoms with E-state index in [1.54, 1.807) is 7.11 Å². The van der Waals surface area contributed by atoms with Crippen molar-refractivity contribution in [2.45, 2.75) is 26.4 Å². The number of methoxy groups -OCH3 is 1. The number of hydrogen-bond acceptors (Lipinski definition) is 3. The van der Waals surface area contributed by atoms with E-state index in [0.29, 0.717) is 0 Å². The third-order valence-corrected chi connectivity index (χ3v) is 3.18. The molecule has 0 aliphatic carbocycles. The van der Waals surface area contributed by atoms with Crippen LogP contribution in [0.3, 0.4) is 0 Å². The number of rotatable bonds is 5. The van der Waals surface area contributed by atoms with Crippen LogP contribution in [0.15, 0.2) is 42.6 Å². The summed E-state index contributed by atoms with van der Waals surface area (Å²) in [5.74, 6) is 0.892. The van der Waals surface area contributed by atoms with E-state index in [2.05, 4.69) is 35.4 Å². The summed E-state index contributed by atoms with van der Waals surface area (Å²) >= 11 is 0. The normalized spacial score (nSPS) is 12.2. The van der Waals surface area contributed by atoms with Gasteiger partial charge in [-0.25, -0.2) is 0 Å². The Balaban J connectivity index is 1.96. The minimum absolute atomic E-state index is 0.274. The monoisotopic (exact) mass is 256 g/mol. The molecular weight excluding hydrogens is 236 g/mol. The number of benzene rings is 1. The average molecular weight is 256 g/mol. The van der Waals surface area contributed by atoms with Crippen molar-refractivity contribution in [2.24, 2.45) is 0 Å². The molecule has 2 aromatic rings. The first-order valence-electron chi connectivity index (χ1n) is 6.48. The summed E-state index contributed by atoms with van der Waals surface area (Å²) in [4.78, 5) is 4.30. The molecule has 1 N–H and O–H groups in total. The minimum atomic E-state index is 0.274. The number of ether oxygens (including phenoxy) is 1. The van der Waals surface area contributed by atoms with Crippen LogP contribution in [0.5, 0.6) is 5.75 Å². The van der Waals surface area contributed by atoms with Crippen LogP contribution >= 0.6 is 0 Å². The highest BCUT2D eigenvalue weighted by atomic mass is 16.5. The highest BCUT2D eigenvalue weighted by Crippen LogP contribution is 2.19. The maximum Gasteiger partial charge on any atom is 0.119 e. The predicted molar refractivity (Wildman–Crippen MR) is 77.2 cm³/mol. The van der Waals surface area contributed by atoms with Crippen molar-refractivity contribution in [1.29, 1.82) is 0 Å². The Bertz CT molecular complexity index is 523. The van der Waals surface area contributed by atoms with E-state index in [4.69, 9.17) is 4.74 Å². The van der Waals surface area contributed by atoms with Crippen LogP contribution in [-0.2, 0) is 6.54 Å². The van der Waals surface area contributed by atoms with Gasteiger partial charge in [0.2, 0.25) is 0 Å². The molecule has 1 aromatic heterocycles. The smallest absolute Gasteiger partial charge is 0.119 e. The fourth-order valence-electron chi connectivity index (χ4n) is 1.90. The van der Waals surface area contributed by atoms with Gasteiger partial charge in [0.05, 0.1) is 7.11 Å². The van der Waals surface area contributed by atoms with E-state index in [-0.39, 0.29) is 6.04 Å². The third kappa shape index (κ3) is 3.80. The Kier molecular flexibility index (Phi) is 4.53. The Morgan fingerprint density at radius 2 is 2.11 bits per heavy atom. The average Bonchev–Trinajstić information content (AvgIpc) is 2.46. The number of hydrogen-bond donors (Lipinski definition) is 1. The summed E-state index contributed by atoms with van der Waals surface area (Å²) in [7, 11) is 1.69. The first-order valence-corrected chi connectivity index (χ1v) is 6.48. The van der Waals surface area contributed by atoms with E-state index >= 15 is 0 Å². The molecule has 1 heterocycles. The van der Waals surface area contributed by atoms with Gasteiger partial charge in [0.1, 0.15) is 5.75 Å². The summed E-state index contributed by atoms with van der Waals surface area (Å²) in [5.41, 5.74) is 3.46. The summed E-state index contributed by atoms with van der Waals surface area (Å²) < 4.78 is 5.24. The lowest BCUT2D eigenvalue weighted by atomic mass is 10.1. The maximum atomic E-state index is 5.24. The predicted octanol–water partition coefficient (Wildman–Crippen LogP) is 3.25. The van der Waals surface area contributed by atoms with Crippen LogP contribution in [0.4, 0.5) is 0 Å². The molecule has 0 spiro atoms. The molecule has 3 nitrogen and oxygen atoms in total. The summed E-state index contributed by atoms with van der Waals surface area (Å²) in [5, 5.41) is 3.49.